The number of amides is 1. The Hall–Kier alpha value is -2.70. The second-order valence-electron chi connectivity index (χ2n) is 5.25. The summed E-state index contributed by atoms with van der Waals surface area (Å²) in [5, 5.41) is 4.82. The predicted octanol–water partition coefficient (Wildman–Crippen LogP) is 3.00. The summed E-state index contributed by atoms with van der Waals surface area (Å²) < 4.78 is 25.6. The highest BCUT2D eigenvalue weighted by Gasteiger charge is 2.11. The van der Waals surface area contributed by atoms with Gasteiger partial charge in [0, 0.05) is 11.3 Å². The highest BCUT2D eigenvalue weighted by molar-refractivity contribution is 7.89. The lowest BCUT2D eigenvalue weighted by atomic mass is 10.1. The van der Waals surface area contributed by atoms with Crippen molar-refractivity contribution in [1.82, 2.24) is 4.72 Å². The molecule has 0 atom stereocenters. The maximum absolute atomic E-state index is 12.4. The van der Waals surface area contributed by atoms with E-state index in [1.165, 1.54) is 19.2 Å². The predicted molar refractivity (Wildman–Crippen MR) is 94.6 cm³/mol. The molecule has 3 rings (SSSR count). The van der Waals surface area contributed by atoms with Crippen molar-refractivity contribution < 1.29 is 13.2 Å². The molecule has 0 aromatic heterocycles. The van der Waals surface area contributed by atoms with Crippen LogP contribution in [-0.2, 0) is 10.0 Å². The summed E-state index contributed by atoms with van der Waals surface area (Å²) >= 11 is 0. The Morgan fingerprint density at radius 3 is 2.21 bits per heavy atom. The van der Waals surface area contributed by atoms with Crippen molar-refractivity contribution in [3.8, 4) is 0 Å². The van der Waals surface area contributed by atoms with E-state index in [1.807, 2.05) is 36.4 Å². The third-order valence-corrected chi connectivity index (χ3v) is 5.13. The van der Waals surface area contributed by atoms with Gasteiger partial charge in [-0.1, -0.05) is 30.3 Å². The number of benzene rings is 3. The average molecular weight is 340 g/mol. The number of sulfonamides is 1. The lowest BCUT2D eigenvalue weighted by Gasteiger charge is -2.08. The Morgan fingerprint density at radius 2 is 1.54 bits per heavy atom. The molecule has 0 radical (unpaired) electrons. The van der Waals surface area contributed by atoms with Gasteiger partial charge in [0.05, 0.1) is 4.90 Å². The minimum absolute atomic E-state index is 0.147. The average Bonchev–Trinajstić information content (AvgIpc) is 2.61. The first-order valence-corrected chi connectivity index (χ1v) is 8.82. The van der Waals surface area contributed by atoms with Gasteiger partial charge in [-0.3, -0.25) is 4.79 Å². The largest absolute Gasteiger partial charge is 0.322 e. The van der Waals surface area contributed by atoms with Crippen molar-refractivity contribution in [3.63, 3.8) is 0 Å². The molecule has 0 saturated carbocycles. The van der Waals surface area contributed by atoms with Crippen molar-refractivity contribution in [2.24, 2.45) is 0 Å². The van der Waals surface area contributed by atoms with Crippen LogP contribution >= 0.6 is 0 Å². The fourth-order valence-corrected chi connectivity index (χ4v) is 3.10. The van der Waals surface area contributed by atoms with Crippen LogP contribution in [0.15, 0.2) is 71.6 Å². The summed E-state index contributed by atoms with van der Waals surface area (Å²) in [5.41, 5.74) is 1.07. The molecular formula is C18H16N2O3S. The minimum Gasteiger partial charge on any atom is -0.322 e. The summed E-state index contributed by atoms with van der Waals surface area (Å²) in [7, 11) is -2.13. The van der Waals surface area contributed by atoms with Crippen LogP contribution in [0.25, 0.3) is 10.8 Å². The topological polar surface area (TPSA) is 75.3 Å². The third-order valence-electron chi connectivity index (χ3n) is 3.70. The molecule has 0 aliphatic carbocycles. The van der Waals surface area contributed by atoms with Crippen molar-refractivity contribution in [2.45, 2.75) is 4.90 Å². The molecule has 6 heteroatoms. The lowest BCUT2D eigenvalue weighted by Crippen LogP contribution is -2.18. The molecular weight excluding hydrogens is 324 g/mol. The smallest absolute Gasteiger partial charge is 0.255 e. The van der Waals surface area contributed by atoms with Crippen molar-refractivity contribution >= 4 is 32.4 Å². The van der Waals surface area contributed by atoms with E-state index in [0.29, 0.717) is 11.3 Å². The highest BCUT2D eigenvalue weighted by Crippen LogP contribution is 2.18. The maximum atomic E-state index is 12.4. The Morgan fingerprint density at radius 1 is 0.875 bits per heavy atom. The van der Waals surface area contributed by atoms with Gasteiger partial charge in [0.1, 0.15) is 0 Å². The molecule has 3 aromatic carbocycles. The summed E-state index contributed by atoms with van der Waals surface area (Å²) in [5.74, 6) is -0.245. The van der Waals surface area contributed by atoms with Crippen molar-refractivity contribution in [2.75, 3.05) is 12.4 Å². The summed E-state index contributed by atoms with van der Waals surface area (Å²) in [6.45, 7) is 0. The van der Waals surface area contributed by atoms with Gasteiger partial charge in [-0.15, -0.1) is 0 Å². The molecule has 3 aromatic rings. The van der Waals surface area contributed by atoms with Gasteiger partial charge in [0.15, 0.2) is 0 Å². The zero-order valence-corrected chi connectivity index (χ0v) is 13.8. The monoisotopic (exact) mass is 340 g/mol. The zero-order chi connectivity index (χ0) is 17.2. The van der Waals surface area contributed by atoms with Crippen LogP contribution in [0, 0.1) is 0 Å². The standard InChI is InChI=1S/C18H16N2O3S/c1-19-24(22,23)17-10-8-16(9-11-17)20-18(21)15-7-6-13-4-2-3-5-14(13)12-15/h2-12,19H,1H3,(H,20,21). The first-order chi connectivity index (χ1) is 11.5. The molecule has 0 unspecified atom stereocenters. The van der Waals surface area contributed by atoms with E-state index in [0.717, 1.165) is 10.8 Å². The Balaban J connectivity index is 1.81. The SMILES string of the molecule is CNS(=O)(=O)c1ccc(NC(=O)c2ccc3ccccc3c2)cc1. The fraction of sp³-hybridized carbons (Fsp3) is 0.0556. The zero-order valence-electron chi connectivity index (χ0n) is 13.0. The van der Waals surface area contributed by atoms with Crippen LogP contribution in [0.5, 0.6) is 0 Å². The number of nitrogens with one attached hydrogen (secondary N) is 2. The fourth-order valence-electron chi connectivity index (χ4n) is 2.37. The number of carbonyl (C=O) groups excluding carboxylic acids is 1. The number of hydrogen-bond donors (Lipinski definition) is 2. The van der Waals surface area contributed by atoms with Crippen LogP contribution in [-0.4, -0.2) is 21.4 Å². The highest BCUT2D eigenvalue weighted by atomic mass is 32.2. The van der Waals surface area contributed by atoms with Crippen LogP contribution in [0.1, 0.15) is 10.4 Å². The lowest BCUT2D eigenvalue weighted by molar-refractivity contribution is 0.102. The Bertz CT molecular complexity index is 996. The number of carbonyl (C=O) groups is 1. The van der Waals surface area contributed by atoms with Gasteiger partial charge in [-0.25, -0.2) is 13.1 Å². The summed E-state index contributed by atoms with van der Waals surface area (Å²) in [4.78, 5) is 12.5. The van der Waals surface area contributed by atoms with Gasteiger partial charge in [0.25, 0.3) is 5.91 Å². The molecule has 0 bridgehead atoms. The second kappa shape index (κ2) is 6.43. The number of anilines is 1. The van der Waals surface area contributed by atoms with E-state index in [2.05, 4.69) is 10.0 Å². The molecule has 1 amide bonds. The molecule has 0 fully saturated rings. The van der Waals surface area contributed by atoms with Gasteiger partial charge in [-0.05, 0) is 54.2 Å². The second-order valence-corrected chi connectivity index (χ2v) is 7.13. The Labute approximate surface area is 140 Å². The first kappa shape index (κ1) is 16.2. The number of hydrogen-bond acceptors (Lipinski definition) is 3. The van der Waals surface area contributed by atoms with Crippen molar-refractivity contribution in [1.29, 1.82) is 0 Å². The van der Waals surface area contributed by atoms with E-state index in [1.54, 1.807) is 18.2 Å². The molecule has 24 heavy (non-hydrogen) atoms. The molecule has 0 aliphatic rings. The van der Waals surface area contributed by atoms with E-state index in [-0.39, 0.29) is 10.8 Å². The molecule has 2 N–H and O–H groups in total. The van der Waals surface area contributed by atoms with E-state index < -0.39 is 10.0 Å². The van der Waals surface area contributed by atoms with E-state index in [9.17, 15) is 13.2 Å². The molecule has 5 nitrogen and oxygen atoms in total. The van der Waals surface area contributed by atoms with Gasteiger partial charge in [-0.2, -0.15) is 0 Å². The normalized spacial score (nSPS) is 11.4. The Kier molecular flexibility index (Phi) is 4.33. The molecule has 0 spiro atoms. The van der Waals surface area contributed by atoms with Crippen molar-refractivity contribution in [3.05, 3.63) is 72.3 Å². The first-order valence-electron chi connectivity index (χ1n) is 7.33. The van der Waals surface area contributed by atoms with Crippen LogP contribution in [0.2, 0.25) is 0 Å². The minimum atomic E-state index is -3.48. The van der Waals surface area contributed by atoms with E-state index >= 15 is 0 Å². The van der Waals surface area contributed by atoms with Gasteiger partial charge < -0.3 is 5.32 Å². The molecule has 0 heterocycles. The third kappa shape index (κ3) is 3.29. The van der Waals surface area contributed by atoms with Gasteiger partial charge in [0.2, 0.25) is 10.0 Å². The molecule has 0 aliphatic heterocycles. The van der Waals surface area contributed by atoms with E-state index in [4.69, 9.17) is 0 Å². The quantitative estimate of drug-likeness (QED) is 0.767. The summed E-state index contributed by atoms with van der Waals surface area (Å²) in [6, 6.07) is 19.3. The van der Waals surface area contributed by atoms with Crippen LogP contribution in [0.4, 0.5) is 5.69 Å². The van der Waals surface area contributed by atoms with Crippen LogP contribution < -0.4 is 10.0 Å². The number of rotatable bonds is 4. The molecule has 122 valence electrons. The molecule has 0 saturated heterocycles. The van der Waals surface area contributed by atoms with Crippen LogP contribution in [0.3, 0.4) is 0 Å². The maximum Gasteiger partial charge on any atom is 0.255 e. The number of fused-ring (bicyclic) bond motifs is 1. The van der Waals surface area contributed by atoms with Gasteiger partial charge >= 0.3 is 0 Å². The summed E-state index contributed by atoms with van der Waals surface area (Å²) in [6.07, 6.45) is 0.